The van der Waals surface area contributed by atoms with Crippen LogP contribution in [0, 0.1) is 0 Å². The Morgan fingerprint density at radius 1 is 1.50 bits per heavy atom. The van der Waals surface area contributed by atoms with Gasteiger partial charge >= 0.3 is 6.03 Å². The first-order valence-electron chi connectivity index (χ1n) is 6.27. The third-order valence-electron chi connectivity index (χ3n) is 3.03. The molecule has 2 amide bonds. The Labute approximate surface area is 107 Å². The van der Waals surface area contributed by atoms with Crippen molar-refractivity contribution in [2.75, 3.05) is 27.2 Å². The van der Waals surface area contributed by atoms with E-state index in [-0.39, 0.29) is 12.1 Å². The summed E-state index contributed by atoms with van der Waals surface area (Å²) in [6.45, 7) is 1.91. The maximum absolute atomic E-state index is 12.1. The molecule has 1 aromatic rings. The fraction of sp³-hybridized carbons (Fsp3) is 0.615. The van der Waals surface area contributed by atoms with Crippen molar-refractivity contribution >= 4 is 6.03 Å². The molecule has 0 spiro atoms. The lowest BCUT2D eigenvalue weighted by Gasteiger charge is -2.27. The molecule has 2 rings (SSSR count). The van der Waals surface area contributed by atoms with Gasteiger partial charge in [-0.3, -0.25) is 0 Å². The van der Waals surface area contributed by atoms with Crippen LogP contribution in [0.5, 0.6) is 0 Å². The van der Waals surface area contributed by atoms with Crippen LogP contribution in [0.2, 0.25) is 0 Å². The summed E-state index contributed by atoms with van der Waals surface area (Å²) in [5, 5.41) is 0. The topological polar surface area (TPSA) is 45.9 Å². The average molecular weight is 252 g/mol. The van der Waals surface area contributed by atoms with Crippen molar-refractivity contribution in [1.29, 1.82) is 0 Å². The molecule has 5 nitrogen and oxygen atoms in total. The monoisotopic (exact) mass is 252 g/mol. The van der Waals surface area contributed by atoms with E-state index in [0.29, 0.717) is 13.1 Å². The molecule has 5 heteroatoms. The van der Waals surface area contributed by atoms with Gasteiger partial charge in [-0.05, 0) is 25.0 Å². The maximum Gasteiger partial charge on any atom is 0.319 e. The van der Waals surface area contributed by atoms with Crippen LogP contribution < -0.4 is 0 Å². The van der Waals surface area contributed by atoms with E-state index < -0.39 is 0 Å². The third kappa shape index (κ3) is 3.26. The highest BCUT2D eigenvalue weighted by atomic mass is 16.5. The SMILES string of the molecule is CN(C)C(=O)N(Cc1ccco1)CC1CCCO1. The van der Waals surface area contributed by atoms with Crippen molar-refractivity contribution in [3.8, 4) is 0 Å². The molecule has 0 aliphatic carbocycles. The number of nitrogens with zero attached hydrogens (tertiary/aromatic N) is 2. The minimum Gasteiger partial charge on any atom is -0.467 e. The van der Waals surface area contributed by atoms with E-state index in [1.54, 1.807) is 30.2 Å². The Morgan fingerprint density at radius 2 is 2.33 bits per heavy atom. The molecular weight excluding hydrogens is 232 g/mol. The van der Waals surface area contributed by atoms with Gasteiger partial charge in [0, 0.05) is 27.2 Å². The molecule has 1 unspecified atom stereocenters. The van der Waals surface area contributed by atoms with Crippen LogP contribution in [0.1, 0.15) is 18.6 Å². The third-order valence-corrected chi connectivity index (χ3v) is 3.03. The van der Waals surface area contributed by atoms with Crippen molar-refractivity contribution < 1.29 is 13.9 Å². The van der Waals surface area contributed by atoms with Crippen LogP contribution in [0.15, 0.2) is 22.8 Å². The average Bonchev–Trinajstić information content (AvgIpc) is 2.99. The second kappa shape index (κ2) is 5.91. The number of urea groups is 1. The lowest BCUT2D eigenvalue weighted by Crippen LogP contribution is -2.42. The number of hydrogen-bond donors (Lipinski definition) is 0. The fourth-order valence-electron chi connectivity index (χ4n) is 2.12. The van der Waals surface area contributed by atoms with Gasteiger partial charge in [-0.1, -0.05) is 0 Å². The highest BCUT2D eigenvalue weighted by Crippen LogP contribution is 2.16. The van der Waals surface area contributed by atoms with E-state index in [0.717, 1.165) is 25.2 Å². The molecule has 0 bridgehead atoms. The van der Waals surface area contributed by atoms with E-state index in [1.807, 2.05) is 12.1 Å². The number of carbonyl (C=O) groups is 1. The predicted molar refractivity (Wildman–Crippen MR) is 67.2 cm³/mol. The first kappa shape index (κ1) is 13.0. The van der Waals surface area contributed by atoms with Gasteiger partial charge in [0.2, 0.25) is 0 Å². The van der Waals surface area contributed by atoms with Crippen LogP contribution in [-0.2, 0) is 11.3 Å². The van der Waals surface area contributed by atoms with Crippen molar-refractivity contribution in [2.45, 2.75) is 25.5 Å². The zero-order chi connectivity index (χ0) is 13.0. The van der Waals surface area contributed by atoms with E-state index in [9.17, 15) is 4.79 Å². The number of hydrogen-bond acceptors (Lipinski definition) is 3. The molecule has 0 N–H and O–H groups in total. The molecule has 1 aliphatic heterocycles. The number of amides is 2. The van der Waals surface area contributed by atoms with Crippen LogP contribution in [0.3, 0.4) is 0 Å². The van der Waals surface area contributed by atoms with Gasteiger partial charge in [0.1, 0.15) is 5.76 Å². The molecule has 0 radical (unpaired) electrons. The lowest BCUT2D eigenvalue weighted by molar-refractivity contribution is 0.0724. The molecule has 18 heavy (non-hydrogen) atoms. The number of ether oxygens (including phenoxy) is 1. The summed E-state index contributed by atoms with van der Waals surface area (Å²) in [4.78, 5) is 15.5. The van der Waals surface area contributed by atoms with Crippen LogP contribution in [-0.4, -0.2) is 49.2 Å². The molecule has 1 atom stereocenters. The first-order valence-corrected chi connectivity index (χ1v) is 6.27. The second-order valence-corrected chi connectivity index (χ2v) is 4.77. The minimum atomic E-state index is -0.0121. The van der Waals surface area contributed by atoms with E-state index in [2.05, 4.69) is 0 Å². The molecule has 0 saturated carbocycles. The van der Waals surface area contributed by atoms with E-state index >= 15 is 0 Å². The highest BCUT2D eigenvalue weighted by molar-refractivity contribution is 5.73. The molecule has 100 valence electrons. The molecular formula is C13H20N2O3. The summed E-state index contributed by atoms with van der Waals surface area (Å²) in [5.41, 5.74) is 0. The summed E-state index contributed by atoms with van der Waals surface area (Å²) < 4.78 is 10.9. The molecule has 1 saturated heterocycles. The van der Waals surface area contributed by atoms with Crippen molar-refractivity contribution in [1.82, 2.24) is 9.80 Å². The van der Waals surface area contributed by atoms with Crippen LogP contribution in [0.25, 0.3) is 0 Å². The van der Waals surface area contributed by atoms with Gasteiger partial charge in [0.15, 0.2) is 0 Å². The normalized spacial score (nSPS) is 18.9. The van der Waals surface area contributed by atoms with Gasteiger partial charge in [-0.25, -0.2) is 4.79 Å². The second-order valence-electron chi connectivity index (χ2n) is 4.77. The minimum absolute atomic E-state index is 0.0121. The Bertz CT molecular complexity index is 370. The molecule has 1 aromatic heterocycles. The lowest BCUT2D eigenvalue weighted by atomic mass is 10.2. The molecule has 0 aromatic carbocycles. The largest absolute Gasteiger partial charge is 0.467 e. The van der Waals surface area contributed by atoms with Crippen molar-refractivity contribution in [3.63, 3.8) is 0 Å². The van der Waals surface area contributed by atoms with Gasteiger partial charge < -0.3 is 19.0 Å². The Balaban J connectivity index is 1.99. The van der Waals surface area contributed by atoms with Crippen LogP contribution >= 0.6 is 0 Å². The molecule has 1 aliphatic rings. The standard InChI is InChI=1S/C13H20N2O3/c1-14(2)13(16)15(9-11-5-3-7-17-11)10-12-6-4-8-18-12/h3,5,7,12H,4,6,8-10H2,1-2H3. The Kier molecular flexibility index (Phi) is 4.25. The van der Waals surface area contributed by atoms with Crippen molar-refractivity contribution in [3.05, 3.63) is 24.2 Å². The van der Waals surface area contributed by atoms with Gasteiger partial charge in [-0.15, -0.1) is 0 Å². The van der Waals surface area contributed by atoms with Crippen molar-refractivity contribution in [2.24, 2.45) is 0 Å². The Morgan fingerprint density at radius 3 is 2.89 bits per heavy atom. The number of furan rings is 1. The zero-order valence-corrected chi connectivity index (χ0v) is 11.0. The summed E-state index contributed by atoms with van der Waals surface area (Å²) in [6, 6.07) is 3.70. The number of carbonyl (C=O) groups excluding carboxylic acids is 1. The van der Waals surface area contributed by atoms with Crippen LogP contribution in [0.4, 0.5) is 4.79 Å². The predicted octanol–water partition coefficient (Wildman–Crippen LogP) is 1.94. The summed E-state index contributed by atoms with van der Waals surface area (Å²) in [5.74, 6) is 0.795. The summed E-state index contributed by atoms with van der Waals surface area (Å²) in [6.07, 6.45) is 3.88. The molecule has 2 heterocycles. The van der Waals surface area contributed by atoms with E-state index in [1.165, 1.54) is 0 Å². The first-order chi connectivity index (χ1) is 8.66. The quantitative estimate of drug-likeness (QED) is 0.822. The smallest absolute Gasteiger partial charge is 0.319 e. The zero-order valence-electron chi connectivity index (χ0n) is 11.0. The fourth-order valence-corrected chi connectivity index (χ4v) is 2.12. The van der Waals surface area contributed by atoms with Gasteiger partial charge in [0.05, 0.1) is 18.9 Å². The van der Waals surface area contributed by atoms with Gasteiger partial charge in [-0.2, -0.15) is 0 Å². The number of rotatable bonds is 4. The molecule has 1 fully saturated rings. The highest BCUT2D eigenvalue weighted by Gasteiger charge is 2.24. The summed E-state index contributed by atoms with van der Waals surface area (Å²) >= 11 is 0. The summed E-state index contributed by atoms with van der Waals surface area (Å²) in [7, 11) is 3.51. The maximum atomic E-state index is 12.1. The van der Waals surface area contributed by atoms with E-state index in [4.69, 9.17) is 9.15 Å². The Hall–Kier alpha value is -1.49. The van der Waals surface area contributed by atoms with Gasteiger partial charge in [0.25, 0.3) is 0 Å².